The van der Waals surface area contributed by atoms with Crippen LogP contribution in [0.25, 0.3) is 11.1 Å². The minimum Gasteiger partial charge on any atom is -0.497 e. The number of rotatable bonds is 14. The summed E-state index contributed by atoms with van der Waals surface area (Å²) in [5.74, 6) is 5.45. The van der Waals surface area contributed by atoms with E-state index in [1.165, 1.54) is 39.0 Å². The molecule has 0 N–H and O–H groups in total. The van der Waals surface area contributed by atoms with E-state index in [0.29, 0.717) is 11.5 Å². The largest absolute Gasteiger partial charge is 0.864 e. The molecule has 0 saturated heterocycles. The summed E-state index contributed by atoms with van der Waals surface area (Å²) in [6.07, 6.45) is 11.2. The van der Waals surface area contributed by atoms with E-state index in [1.54, 1.807) is 21.3 Å². The first-order valence-electron chi connectivity index (χ1n) is 23.2. The summed E-state index contributed by atoms with van der Waals surface area (Å²) in [7, 11) is 4.11. The lowest BCUT2D eigenvalue weighted by atomic mass is 9.83. The van der Waals surface area contributed by atoms with Crippen molar-refractivity contribution >= 4 is 7.32 Å². The number of benzene rings is 4. The summed E-state index contributed by atoms with van der Waals surface area (Å²) in [5.41, 5.74) is 18.3. The monoisotopic (exact) mass is 895 g/mol. The Balaban J connectivity index is 0.000000445. The maximum atomic E-state index is 6.99. The van der Waals surface area contributed by atoms with Crippen molar-refractivity contribution in [1.82, 2.24) is 0 Å². The molecule has 0 amide bonds. The molecular weight excluding hydrogens is 815 g/mol. The van der Waals surface area contributed by atoms with E-state index in [4.69, 9.17) is 28.2 Å². The first kappa shape index (κ1) is 54.5. The van der Waals surface area contributed by atoms with Crippen LogP contribution in [0.2, 0.25) is 0 Å². The predicted octanol–water partition coefficient (Wildman–Crippen LogP) is 16.5. The second-order valence-electron chi connectivity index (χ2n) is 18.3. The Hall–Kier alpha value is -5.82. The molecule has 7 heteroatoms. The third kappa shape index (κ3) is 14.6. The smallest absolute Gasteiger partial charge is 0.497 e. The molecule has 0 aliphatic heterocycles. The molecule has 0 saturated carbocycles. The third-order valence-corrected chi connectivity index (χ3v) is 12.1. The first-order chi connectivity index (χ1) is 31.1. The maximum absolute atomic E-state index is 6.99. The molecule has 0 fully saturated rings. The van der Waals surface area contributed by atoms with Crippen LogP contribution in [0.1, 0.15) is 136 Å². The van der Waals surface area contributed by atoms with Crippen molar-refractivity contribution in [3.63, 3.8) is 0 Å². The van der Waals surface area contributed by atoms with Crippen molar-refractivity contribution in [2.45, 2.75) is 136 Å². The van der Waals surface area contributed by atoms with Crippen LogP contribution in [-0.4, -0.2) is 28.7 Å². The average molecular weight is 895 g/mol. The van der Waals surface area contributed by atoms with Crippen molar-refractivity contribution in [1.29, 1.82) is 0 Å². The lowest BCUT2D eigenvalue weighted by molar-refractivity contribution is 0.253. The van der Waals surface area contributed by atoms with E-state index < -0.39 is 7.32 Å². The molecule has 354 valence electrons. The Labute approximate surface area is 400 Å². The Morgan fingerprint density at radius 2 is 1.12 bits per heavy atom. The van der Waals surface area contributed by atoms with Gasteiger partial charge in [-0.25, -0.2) is 0 Å². The van der Waals surface area contributed by atoms with Crippen molar-refractivity contribution in [2.75, 3.05) is 21.3 Å². The van der Waals surface area contributed by atoms with E-state index in [9.17, 15) is 0 Å². The number of methoxy groups -OCH3 is 3. The molecule has 5 rings (SSSR count). The summed E-state index contributed by atoms with van der Waals surface area (Å²) in [6, 6.07) is 16.8. The fourth-order valence-corrected chi connectivity index (χ4v) is 7.69. The normalized spacial score (nSPS) is 12.8. The van der Waals surface area contributed by atoms with Crippen molar-refractivity contribution in [3.8, 4) is 34.1 Å². The number of ether oxygens (including phenoxy) is 3. The van der Waals surface area contributed by atoms with Crippen LogP contribution in [0.5, 0.6) is 23.0 Å². The SMILES string of the molecule is C=C/C(C)=C\C(C)=C(/C)OB(Oc1ccc(C)cc1C)Oc1c(C(C)C)cc(C)c(C)c1-c1c(C)c(C)cc(C(C)C)c1OC.COC1=C(C)CC=C(C)C=C1.COc1ccc(C)cc1C. The molecule has 66 heavy (non-hydrogen) atoms. The van der Waals surface area contributed by atoms with E-state index >= 15 is 0 Å². The minimum atomic E-state index is -1.06. The van der Waals surface area contributed by atoms with Gasteiger partial charge in [0.1, 0.15) is 28.8 Å². The Morgan fingerprint density at radius 3 is 1.59 bits per heavy atom. The molecule has 4 aromatic rings. The van der Waals surface area contributed by atoms with Gasteiger partial charge in [0.2, 0.25) is 0 Å². The number of aryl methyl sites for hydroxylation is 6. The fraction of sp³-hybridized carbons (Fsp3) is 0.390. The van der Waals surface area contributed by atoms with Gasteiger partial charge in [0.05, 0.1) is 27.1 Å². The second-order valence-corrected chi connectivity index (χ2v) is 18.3. The molecule has 0 bridgehead atoms. The summed E-state index contributed by atoms with van der Waals surface area (Å²) in [4.78, 5) is 0. The number of hydrogen-bond donors (Lipinski definition) is 0. The third-order valence-electron chi connectivity index (χ3n) is 12.1. The molecule has 0 heterocycles. The van der Waals surface area contributed by atoms with E-state index in [0.717, 1.165) is 79.5 Å². The molecule has 4 aromatic carbocycles. The average Bonchev–Trinajstić information content (AvgIpc) is 3.43. The van der Waals surface area contributed by atoms with Gasteiger partial charge in [0.25, 0.3) is 0 Å². The summed E-state index contributed by atoms with van der Waals surface area (Å²) < 4.78 is 36.6. The molecule has 6 nitrogen and oxygen atoms in total. The van der Waals surface area contributed by atoms with Gasteiger partial charge in [-0.1, -0.05) is 117 Å². The lowest BCUT2D eigenvalue weighted by Gasteiger charge is -2.28. The topological polar surface area (TPSA) is 55.4 Å². The highest BCUT2D eigenvalue weighted by molar-refractivity contribution is 6.39. The van der Waals surface area contributed by atoms with Crippen molar-refractivity contribution in [3.05, 3.63) is 175 Å². The number of allylic oxidation sites excluding steroid dienone is 10. The Kier molecular flexibility index (Phi) is 20.8. The molecule has 1 aliphatic rings. The summed E-state index contributed by atoms with van der Waals surface area (Å²) >= 11 is 0. The van der Waals surface area contributed by atoms with Gasteiger partial charge >= 0.3 is 7.32 Å². The van der Waals surface area contributed by atoms with Gasteiger partial charge in [-0.15, -0.1) is 0 Å². The van der Waals surface area contributed by atoms with E-state index in [2.05, 4.69) is 126 Å². The predicted molar refractivity (Wildman–Crippen MR) is 282 cm³/mol. The van der Waals surface area contributed by atoms with Crippen LogP contribution in [0.3, 0.4) is 0 Å². The molecule has 0 spiro atoms. The highest BCUT2D eigenvalue weighted by atomic mass is 16.7. The van der Waals surface area contributed by atoms with Crippen LogP contribution < -0.4 is 18.8 Å². The van der Waals surface area contributed by atoms with Gasteiger partial charge in [0.15, 0.2) is 0 Å². The summed E-state index contributed by atoms with van der Waals surface area (Å²) in [5, 5.41) is 0. The highest BCUT2D eigenvalue weighted by Crippen LogP contribution is 2.49. The molecule has 1 aliphatic carbocycles. The highest BCUT2D eigenvalue weighted by Gasteiger charge is 2.35. The summed E-state index contributed by atoms with van der Waals surface area (Å²) in [6.45, 7) is 39.8. The molecule has 0 atom stereocenters. The molecule has 0 unspecified atom stereocenters. The molecule has 0 radical (unpaired) electrons. The van der Waals surface area contributed by atoms with E-state index in [-0.39, 0.29) is 11.8 Å². The van der Waals surface area contributed by atoms with Gasteiger partial charge in [-0.3, -0.25) is 0 Å². The zero-order valence-electron chi connectivity index (χ0n) is 44.1. The van der Waals surface area contributed by atoms with Crippen molar-refractivity contribution in [2.24, 2.45) is 0 Å². The first-order valence-corrected chi connectivity index (χ1v) is 23.2. The van der Waals surface area contributed by atoms with Gasteiger partial charge in [0, 0.05) is 11.1 Å². The lowest BCUT2D eigenvalue weighted by Crippen LogP contribution is -2.34. The van der Waals surface area contributed by atoms with Crippen LogP contribution in [0.15, 0.2) is 119 Å². The minimum absolute atomic E-state index is 0.178. The Bertz CT molecular complexity index is 2490. The van der Waals surface area contributed by atoms with Crippen molar-refractivity contribution < 1.29 is 28.2 Å². The number of hydrogen-bond acceptors (Lipinski definition) is 6. The van der Waals surface area contributed by atoms with Crippen LogP contribution >= 0.6 is 0 Å². The van der Waals surface area contributed by atoms with Crippen LogP contribution in [-0.2, 0) is 9.39 Å². The van der Waals surface area contributed by atoms with Crippen LogP contribution in [0, 0.1) is 55.4 Å². The van der Waals surface area contributed by atoms with Gasteiger partial charge in [-0.05, 0) is 182 Å². The molecular formula is C59H79BO6. The van der Waals surface area contributed by atoms with Crippen LogP contribution in [0.4, 0.5) is 0 Å². The second kappa shape index (κ2) is 25.2. The quantitative estimate of drug-likeness (QED) is 0.0714. The maximum Gasteiger partial charge on any atom is 0.864 e. The van der Waals surface area contributed by atoms with Gasteiger partial charge in [-0.2, -0.15) is 0 Å². The van der Waals surface area contributed by atoms with Gasteiger partial charge < -0.3 is 28.2 Å². The zero-order valence-corrected chi connectivity index (χ0v) is 44.1. The zero-order chi connectivity index (χ0) is 49.6. The standard InChI is InChI=1S/C40H53BO4.C10H14O.C9H12O/c1-16-25(6)19-29(10)33(14)43-41(44-36-18-17-26(7)20-30(36)11)45-40-35(24(4)5)22-28(9)32(13)38(40)37-31(12)27(8)21-34(23(2)3)39(37)42-15;1-8-4-6-9(2)10(11-3)7-5-8;1-7-4-5-9(10-3)8(2)6-7/h16-24H,1H2,2-15H3;4-5,7H,6H2,1-3H3;4-6H,1-3H3/b25-19-,33-29+;;. The fourth-order valence-electron chi connectivity index (χ4n) is 7.69. The Morgan fingerprint density at radius 1 is 0.606 bits per heavy atom. The van der Waals surface area contributed by atoms with E-state index in [1.807, 2.05) is 77.1 Å². The molecule has 0 aromatic heterocycles.